The normalized spacial score (nSPS) is 42.9. The van der Waals surface area contributed by atoms with Gasteiger partial charge in [-0.15, -0.1) is 0 Å². The smallest absolute Gasteiger partial charge is 0.190 e. The van der Waals surface area contributed by atoms with Crippen molar-refractivity contribution < 1.29 is 23.7 Å². The molecule has 0 radical (unpaired) electrons. The Balaban J connectivity index is 1.59. The fraction of sp³-hybridized carbons (Fsp3) is 0.625. The number of hydrogen-bond acceptors (Lipinski definition) is 6. The van der Waals surface area contributed by atoms with Gasteiger partial charge in [-0.2, -0.15) is 0 Å². The van der Waals surface area contributed by atoms with Crippen molar-refractivity contribution in [2.75, 3.05) is 6.54 Å². The Hall–Kier alpha value is -1.02. The lowest BCUT2D eigenvalue weighted by Gasteiger charge is -2.39. The Labute approximate surface area is 129 Å². The lowest BCUT2D eigenvalue weighted by atomic mass is 10.0. The number of nitrogens with two attached hydrogens (primary N) is 1. The van der Waals surface area contributed by atoms with Gasteiger partial charge in [-0.3, -0.25) is 0 Å². The van der Waals surface area contributed by atoms with Crippen LogP contribution in [0, 0.1) is 0 Å². The van der Waals surface area contributed by atoms with Gasteiger partial charge in [-0.1, -0.05) is 30.3 Å². The van der Waals surface area contributed by atoms with E-state index < -0.39 is 18.4 Å². The minimum atomic E-state index is -0.664. The molecular formula is C16H21NO5. The van der Waals surface area contributed by atoms with E-state index in [-0.39, 0.29) is 24.4 Å². The summed E-state index contributed by atoms with van der Waals surface area (Å²) in [7, 11) is 0. The molecule has 0 saturated carbocycles. The summed E-state index contributed by atoms with van der Waals surface area (Å²) in [5.74, 6) is -0.664. The van der Waals surface area contributed by atoms with Crippen LogP contribution in [-0.2, 0) is 23.7 Å². The van der Waals surface area contributed by atoms with Gasteiger partial charge < -0.3 is 29.4 Å². The number of hydrogen-bond donors (Lipinski definition) is 1. The van der Waals surface area contributed by atoms with Gasteiger partial charge in [0.15, 0.2) is 18.4 Å². The van der Waals surface area contributed by atoms with Crippen molar-refractivity contribution in [2.45, 2.75) is 56.6 Å². The molecule has 3 aliphatic heterocycles. The first kappa shape index (κ1) is 14.6. The molecule has 1 aromatic rings. The summed E-state index contributed by atoms with van der Waals surface area (Å²) >= 11 is 0. The Morgan fingerprint density at radius 1 is 0.955 bits per heavy atom. The summed E-state index contributed by atoms with van der Waals surface area (Å²) in [6.07, 6.45) is -1.92. The lowest BCUT2D eigenvalue weighted by Crippen LogP contribution is -2.52. The quantitative estimate of drug-likeness (QED) is 0.888. The highest BCUT2D eigenvalue weighted by atomic mass is 16.9. The Morgan fingerprint density at radius 2 is 1.73 bits per heavy atom. The molecule has 4 rings (SSSR count). The zero-order valence-corrected chi connectivity index (χ0v) is 12.7. The van der Waals surface area contributed by atoms with Crippen molar-refractivity contribution in [3.05, 3.63) is 35.9 Å². The summed E-state index contributed by atoms with van der Waals surface area (Å²) in [5.41, 5.74) is 6.82. The molecule has 3 aliphatic rings. The standard InChI is InChI=1S/C16H21NO5/c1-16(2)21-13-12-11(19-15(13)22-16)10(8-17)18-14(20-12)9-6-4-3-5-7-9/h3-7,10-15H,8,17H2,1-2H3/t10-,11+,12+,13+,14-,15+/m0/s1. The summed E-state index contributed by atoms with van der Waals surface area (Å²) in [6.45, 7) is 4.10. The maximum atomic E-state index is 6.13. The Morgan fingerprint density at radius 3 is 2.45 bits per heavy atom. The fourth-order valence-electron chi connectivity index (χ4n) is 3.33. The van der Waals surface area contributed by atoms with Crippen LogP contribution in [0.1, 0.15) is 25.7 Å². The predicted octanol–water partition coefficient (Wildman–Crippen LogP) is 1.30. The number of rotatable bonds is 2. The SMILES string of the molecule is CC1(C)O[C@H]2O[C@H]3[C@@H](O[C@@H](c4ccccc4)O[C@H]3CN)[C@H]2O1. The Bertz CT molecular complexity index is 537. The van der Waals surface area contributed by atoms with E-state index in [1.807, 2.05) is 44.2 Å². The average Bonchev–Trinajstić information content (AvgIpc) is 2.99. The minimum Gasteiger partial charge on any atom is -0.341 e. The second-order valence-corrected chi connectivity index (χ2v) is 6.32. The molecule has 0 spiro atoms. The third kappa shape index (κ3) is 2.36. The summed E-state index contributed by atoms with van der Waals surface area (Å²) in [5, 5.41) is 0. The zero-order valence-electron chi connectivity index (χ0n) is 12.7. The maximum absolute atomic E-state index is 6.13. The van der Waals surface area contributed by atoms with Gasteiger partial charge in [0.1, 0.15) is 24.4 Å². The molecule has 6 nitrogen and oxygen atoms in total. The zero-order chi connectivity index (χ0) is 15.3. The van der Waals surface area contributed by atoms with Crippen LogP contribution in [0.5, 0.6) is 0 Å². The molecule has 22 heavy (non-hydrogen) atoms. The van der Waals surface area contributed by atoms with E-state index in [0.717, 1.165) is 5.56 Å². The molecule has 3 saturated heterocycles. The highest BCUT2D eigenvalue weighted by molar-refractivity contribution is 5.17. The maximum Gasteiger partial charge on any atom is 0.190 e. The van der Waals surface area contributed by atoms with Crippen molar-refractivity contribution in [1.29, 1.82) is 0 Å². The third-order valence-corrected chi connectivity index (χ3v) is 4.28. The second-order valence-electron chi connectivity index (χ2n) is 6.32. The van der Waals surface area contributed by atoms with Crippen LogP contribution in [-0.4, -0.2) is 43.0 Å². The van der Waals surface area contributed by atoms with E-state index in [1.54, 1.807) is 0 Å². The molecule has 0 bridgehead atoms. The Kier molecular flexibility index (Phi) is 3.48. The van der Waals surface area contributed by atoms with Crippen molar-refractivity contribution in [3.63, 3.8) is 0 Å². The fourth-order valence-corrected chi connectivity index (χ4v) is 3.33. The third-order valence-electron chi connectivity index (χ3n) is 4.28. The molecule has 3 heterocycles. The first-order chi connectivity index (χ1) is 10.6. The van der Waals surface area contributed by atoms with Crippen LogP contribution in [0.25, 0.3) is 0 Å². The van der Waals surface area contributed by atoms with Crippen molar-refractivity contribution >= 4 is 0 Å². The minimum absolute atomic E-state index is 0.245. The van der Waals surface area contributed by atoms with Gasteiger partial charge in [-0.05, 0) is 13.8 Å². The molecule has 0 aliphatic carbocycles. The van der Waals surface area contributed by atoms with E-state index >= 15 is 0 Å². The topological polar surface area (TPSA) is 72.2 Å². The predicted molar refractivity (Wildman–Crippen MR) is 76.7 cm³/mol. The number of benzene rings is 1. The first-order valence-electron chi connectivity index (χ1n) is 7.64. The average molecular weight is 307 g/mol. The van der Waals surface area contributed by atoms with Crippen LogP contribution < -0.4 is 5.73 Å². The van der Waals surface area contributed by atoms with E-state index in [1.165, 1.54) is 0 Å². The van der Waals surface area contributed by atoms with E-state index in [0.29, 0.717) is 6.54 Å². The van der Waals surface area contributed by atoms with Crippen LogP contribution in [0.2, 0.25) is 0 Å². The van der Waals surface area contributed by atoms with Crippen molar-refractivity contribution in [2.24, 2.45) is 5.73 Å². The molecule has 6 atom stereocenters. The largest absolute Gasteiger partial charge is 0.341 e. The molecule has 2 N–H and O–H groups in total. The molecule has 120 valence electrons. The summed E-state index contributed by atoms with van der Waals surface area (Å²) in [6, 6.07) is 9.82. The molecular weight excluding hydrogens is 286 g/mol. The van der Waals surface area contributed by atoms with Gasteiger partial charge in [0.2, 0.25) is 0 Å². The van der Waals surface area contributed by atoms with Gasteiger partial charge in [0, 0.05) is 12.1 Å². The van der Waals surface area contributed by atoms with Gasteiger partial charge in [0.05, 0.1) is 0 Å². The number of fused-ring (bicyclic) bond motifs is 3. The molecule has 0 aromatic heterocycles. The first-order valence-corrected chi connectivity index (χ1v) is 7.64. The van der Waals surface area contributed by atoms with Crippen LogP contribution in [0.4, 0.5) is 0 Å². The van der Waals surface area contributed by atoms with Crippen LogP contribution in [0.3, 0.4) is 0 Å². The van der Waals surface area contributed by atoms with Gasteiger partial charge >= 0.3 is 0 Å². The molecule has 3 fully saturated rings. The highest BCUT2D eigenvalue weighted by Gasteiger charge is 2.59. The van der Waals surface area contributed by atoms with E-state index in [9.17, 15) is 0 Å². The number of ether oxygens (including phenoxy) is 5. The lowest BCUT2D eigenvalue weighted by molar-refractivity contribution is -0.307. The van der Waals surface area contributed by atoms with Crippen molar-refractivity contribution in [1.82, 2.24) is 0 Å². The molecule has 0 unspecified atom stereocenters. The van der Waals surface area contributed by atoms with E-state index in [4.69, 9.17) is 29.4 Å². The summed E-state index contributed by atoms with van der Waals surface area (Å²) in [4.78, 5) is 0. The van der Waals surface area contributed by atoms with Crippen LogP contribution >= 0.6 is 0 Å². The van der Waals surface area contributed by atoms with Gasteiger partial charge in [0.25, 0.3) is 0 Å². The molecule has 6 heteroatoms. The highest BCUT2D eigenvalue weighted by Crippen LogP contribution is 2.44. The second kappa shape index (κ2) is 5.26. The monoisotopic (exact) mass is 307 g/mol. The van der Waals surface area contributed by atoms with E-state index in [2.05, 4.69) is 0 Å². The van der Waals surface area contributed by atoms with Crippen LogP contribution in [0.15, 0.2) is 30.3 Å². The van der Waals surface area contributed by atoms with Gasteiger partial charge in [-0.25, -0.2) is 0 Å². The summed E-state index contributed by atoms with van der Waals surface area (Å²) < 4.78 is 29.8. The molecule has 0 amide bonds. The van der Waals surface area contributed by atoms with Crippen molar-refractivity contribution in [3.8, 4) is 0 Å². The molecule has 1 aromatic carbocycles.